The highest BCUT2D eigenvalue weighted by atomic mass is 32.1. The van der Waals surface area contributed by atoms with E-state index >= 15 is 0 Å². The van der Waals surface area contributed by atoms with Crippen LogP contribution in [0.1, 0.15) is 56.7 Å². The number of nitrogens with one attached hydrogen (secondary N) is 1. The van der Waals surface area contributed by atoms with E-state index in [0.717, 1.165) is 37.0 Å². The molecule has 1 saturated carbocycles. The molecule has 122 valence electrons. The summed E-state index contributed by atoms with van der Waals surface area (Å²) in [6, 6.07) is 0.266. The predicted octanol–water partition coefficient (Wildman–Crippen LogP) is 3.35. The molecule has 6 heteroatoms. The van der Waals surface area contributed by atoms with E-state index in [2.05, 4.69) is 17.2 Å². The van der Waals surface area contributed by atoms with Crippen molar-refractivity contribution in [3.63, 3.8) is 0 Å². The molecule has 0 aromatic carbocycles. The molecule has 0 bridgehead atoms. The van der Waals surface area contributed by atoms with Gasteiger partial charge in [-0.3, -0.25) is 9.59 Å². The van der Waals surface area contributed by atoms with Crippen molar-refractivity contribution in [2.45, 2.75) is 64.8 Å². The molecule has 0 unspecified atom stereocenters. The van der Waals surface area contributed by atoms with Gasteiger partial charge >= 0.3 is 0 Å². The quantitative estimate of drug-likeness (QED) is 0.709. The fraction of sp³-hybridized carbons (Fsp3) is 0.688. The Bertz CT molecular complexity index is 511. The second kappa shape index (κ2) is 8.27. The van der Waals surface area contributed by atoms with Gasteiger partial charge in [0, 0.05) is 23.5 Å². The number of carbonyl (C=O) groups is 2. The first-order valence-electron chi connectivity index (χ1n) is 8.12. The molecule has 1 aliphatic carbocycles. The van der Waals surface area contributed by atoms with E-state index in [1.54, 1.807) is 11.1 Å². The van der Waals surface area contributed by atoms with Gasteiger partial charge < -0.3 is 10.2 Å². The molecule has 0 atom stereocenters. The van der Waals surface area contributed by atoms with Crippen LogP contribution in [0.25, 0.3) is 0 Å². The Balaban J connectivity index is 1.80. The monoisotopic (exact) mass is 323 g/mol. The van der Waals surface area contributed by atoms with Gasteiger partial charge in [0.15, 0.2) is 5.13 Å². The maximum atomic E-state index is 12.3. The topological polar surface area (TPSA) is 62.3 Å². The van der Waals surface area contributed by atoms with Crippen LogP contribution in [0.5, 0.6) is 0 Å². The predicted molar refractivity (Wildman–Crippen MR) is 89.0 cm³/mol. The van der Waals surface area contributed by atoms with Crippen molar-refractivity contribution in [2.75, 3.05) is 11.9 Å². The number of aromatic nitrogens is 1. The summed E-state index contributed by atoms with van der Waals surface area (Å²) >= 11 is 1.45. The highest BCUT2D eigenvalue weighted by Gasteiger charge is 2.33. The number of nitrogens with zero attached hydrogens (tertiary/aromatic N) is 2. The van der Waals surface area contributed by atoms with Crippen LogP contribution in [0.3, 0.4) is 0 Å². The van der Waals surface area contributed by atoms with Crippen LogP contribution < -0.4 is 5.32 Å². The van der Waals surface area contributed by atoms with Gasteiger partial charge in [0.05, 0.1) is 0 Å². The van der Waals surface area contributed by atoms with Gasteiger partial charge in [0.1, 0.15) is 6.54 Å². The number of hydrogen-bond donors (Lipinski definition) is 1. The van der Waals surface area contributed by atoms with Crippen molar-refractivity contribution >= 4 is 28.3 Å². The van der Waals surface area contributed by atoms with Gasteiger partial charge in [-0.2, -0.15) is 0 Å². The molecule has 1 heterocycles. The van der Waals surface area contributed by atoms with Crippen LogP contribution in [-0.2, 0) is 9.59 Å². The van der Waals surface area contributed by atoms with Crippen molar-refractivity contribution in [3.05, 3.63) is 11.1 Å². The van der Waals surface area contributed by atoms with E-state index in [-0.39, 0.29) is 24.4 Å². The van der Waals surface area contributed by atoms with Crippen LogP contribution in [0.15, 0.2) is 6.20 Å². The highest BCUT2D eigenvalue weighted by molar-refractivity contribution is 7.15. The minimum Gasteiger partial charge on any atom is -0.330 e. The standard InChI is InChI=1S/C16H25N3O2S/c1-3-4-5-6-7-15(21)19(13-8-9-13)11-14(20)18-16-17-10-12(2)22-16/h10,13H,3-9,11H2,1-2H3,(H,17,18,20). The molecule has 1 fully saturated rings. The number of rotatable bonds is 9. The lowest BCUT2D eigenvalue weighted by molar-refractivity contribution is -0.135. The third kappa shape index (κ3) is 5.40. The summed E-state index contributed by atoms with van der Waals surface area (Å²) in [5.74, 6) is -0.0350. The smallest absolute Gasteiger partial charge is 0.245 e. The van der Waals surface area contributed by atoms with Gasteiger partial charge in [0.25, 0.3) is 0 Å². The summed E-state index contributed by atoms with van der Waals surface area (Å²) in [6.07, 6.45) is 8.66. The lowest BCUT2D eigenvalue weighted by Crippen LogP contribution is -2.39. The highest BCUT2D eigenvalue weighted by Crippen LogP contribution is 2.28. The molecule has 1 aromatic heterocycles. The average Bonchev–Trinajstić information content (AvgIpc) is 3.24. The number of unbranched alkanes of at least 4 members (excludes halogenated alkanes) is 3. The number of hydrogen-bond acceptors (Lipinski definition) is 4. The maximum Gasteiger partial charge on any atom is 0.245 e. The SMILES string of the molecule is CCCCCCC(=O)N(CC(=O)Nc1ncc(C)s1)C1CC1. The van der Waals surface area contributed by atoms with E-state index in [1.807, 2.05) is 6.92 Å². The van der Waals surface area contributed by atoms with Gasteiger partial charge in [-0.25, -0.2) is 4.98 Å². The Hall–Kier alpha value is -1.43. The number of carbonyl (C=O) groups excluding carboxylic acids is 2. The third-order valence-corrected chi connectivity index (χ3v) is 4.56. The Labute approximate surface area is 136 Å². The first kappa shape index (κ1) is 16.9. The second-order valence-electron chi connectivity index (χ2n) is 5.89. The fourth-order valence-electron chi connectivity index (χ4n) is 2.38. The molecule has 0 saturated heterocycles. The zero-order chi connectivity index (χ0) is 15.9. The molecule has 1 aromatic rings. The van der Waals surface area contributed by atoms with Crippen molar-refractivity contribution in [3.8, 4) is 0 Å². The molecule has 5 nitrogen and oxygen atoms in total. The molecule has 2 rings (SSSR count). The van der Waals surface area contributed by atoms with E-state index in [0.29, 0.717) is 11.6 Å². The number of anilines is 1. The summed E-state index contributed by atoms with van der Waals surface area (Å²) in [6.45, 7) is 4.25. The van der Waals surface area contributed by atoms with Gasteiger partial charge in [-0.1, -0.05) is 26.2 Å². The van der Waals surface area contributed by atoms with Gasteiger partial charge in [-0.05, 0) is 26.2 Å². The molecule has 22 heavy (non-hydrogen) atoms. The van der Waals surface area contributed by atoms with Gasteiger partial charge in [-0.15, -0.1) is 11.3 Å². The van der Waals surface area contributed by atoms with Crippen LogP contribution in [0.4, 0.5) is 5.13 Å². The Morgan fingerprint density at radius 2 is 2.14 bits per heavy atom. The zero-order valence-electron chi connectivity index (χ0n) is 13.4. The molecule has 1 N–H and O–H groups in total. The number of aryl methyl sites for hydroxylation is 1. The summed E-state index contributed by atoms with van der Waals surface area (Å²) in [5.41, 5.74) is 0. The Kier molecular flexibility index (Phi) is 6.36. The fourth-order valence-corrected chi connectivity index (χ4v) is 3.06. The summed E-state index contributed by atoms with van der Waals surface area (Å²) in [7, 11) is 0. The van der Waals surface area contributed by atoms with E-state index in [9.17, 15) is 9.59 Å². The average molecular weight is 323 g/mol. The number of amides is 2. The Morgan fingerprint density at radius 3 is 2.73 bits per heavy atom. The van der Waals surface area contributed by atoms with Crippen molar-refractivity contribution in [2.24, 2.45) is 0 Å². The van der Waals surface area contributed by atoms with E-state index in [1.165, 1.54) is 17.8 Å². The van der Waals surface area contributed by atoms with Crippen molar-refractivity contribution in [1.82, 2.24) is 9.88 Å². The minimum atomic E-state index is -0.150. The van der Waals surface area contributed by atoms with E-state index < -0.39 is 0 Å². The Morgan fingerprint density at radius 1 is 1.36 bits per heavy atom. The first-order valence-corrected chi connectivity index (χ1v) is 8.93. The summed E-state index contributed by atoms with van der Waals surface area (Å²) in [4.78, 5) is 31.3. The molecular weight excluding hydrogens is 298 g/mol. The molecule has 1 aliphatic rings. The van der Waals surface area contributed by atoms with E-state index in [4.69, 9.17) is 0 Å². The maximum absolute atomic E-state index is 12.3. The summed E-state index contributed by atoms with van der Waals surface area (Å²) < 4.78 is 0. The van der Waals surface area contributed by atoms with Crippen molar-refractivity contribution in [1.29, 1.82) is 0 Å². The van der Waals surface area contributed by atoms with Crippen LogP contribution in [-0.4, -0.2) is 34.3 Å². The van der Waals surface area contributed by atoms with Crippen LogP contribution in [0.2, 0.25) is 0 Å². The molecular formula is C16H25N3O2S. The third-order valence-electron chi connectivity index (χ3n) is 3.73. The first-order chi connectivity index (χ1) is 10.6. The largest absolute Gasteiger partial charge is 0.330 e. The molecule has 0 aliphatic heterocycles. The lowest BCUT2D eigenvalue weighted by Gasteiger charge is -2.21. The number of thiazole rings is 1. The zero-order valence-corrected chi connectivity index (χ0v) is 14.2. The second-order valence-corrected chi connectivity index (χ2v) is 7.12. The van der Waals surface area contributed by atoms with Crippen molar-refractivity contribution < 1.29 is 9.59 Å². The minimum absolute atomic E-state index is 0.115. The molecule has 0 spiro atoms. The summed E-state index contributed by atoms with van der Waals surface area (Å²) in [5, 5.41) is 3.39. The lowest BCUT2D eigenvalue weighted by atomic mass is 10.1. The van der Waals surface area contributed by atoms with Crippen LogP contribution in [0, 0.1) is 6.92 Å². The molecule has 0 radical (unpaired) electrons. The molecule has 2 amide bonds. The normalized spacial score (nSPS) is 13.9. The van der Waals surface area contributed by atoms with Crippen LogP contribution >= 0.6 is 11.3 Å². The van der Waals surface area contributed by atoms with Gasteiger partial charge in [0.2, 0.25) is 11.8 Å².